The maximum Gasteiger partial charge on any atom is 0.132 e. The molecule has 1 aromatic carbocycles. The van der Waals surface area contributed by atoms with Gasteiger partial charge in [0.05, 0.1) is 11.6 Å². The summed E-state index contributed by atoms with van der Waals surface area (Å²) >= 11 is 0. The van der Waals surface area contributed by atoms with E-state index < -0.39 is 0 Å². The van der Waals surface area contributed by atoms with Crippen LogP contribution in [0.4, 0.5) is 4.39 Å². The molecule has 0 N–H and O–H groups in total. The van der Waals surface area contributed by atoms with E-state index >= 15 is 0 Å². The number of hydrogen-bond acceptors (Lipinski definition) is 1. The first-order valence-electron chi connectivity index (χ1n) is 6.85. The summed E-state index contributed by atoms with van der Waals surface area (Å²) in [5.74, 6) is 0.437. The first-order valence-corrected chi connectivity index (χ1v) is 6.85. The predicted molar refractivity (Wildman–Crippen MR) is 75.5 cm³/mol. The van der Waals surface area contributed by atoms with E-state index in [0.29, 0.717) is 12.0 Å². The van der Waals surface area contributed by atoms with E-state index in [1.165, 1.54) is 11.1 Å². The van der Waals surface area contributed by atoms with E-state index in [9.17, 15) is 4.39 Å². The van der Waals surface area contributed by atoms with Crippen molar-refractivity contribution in [2.24, 2.45) is 5.92 Å². The lowest BCUT2D eigenvalue weighted by Gasteiger charge is -2.39. The van der Waals surface area contributed by atoms with E-state index in [4.69, 9.17) is 0 Å². The number of halogens is 1. The van der Waals surface area contributed by atoms with Crippen LogP contribution in [-0.4, -0.2) is 29.1 Å². The van der Waals surface area contributed by atoms with Crippen LogP contribution in [0.3, 0.4) is 0 Å². The number of benzene rings is 1. The molecule has 0 saturated heterocycles. The van der Waals surface area contributed by atoms with Gasteiger partial charge in [0, 0.05) is 30.2 Å². The summed E-state index contributed by atoms with van der Waals surface area (Å²) in [6, 6.07) is 5.86. The molecule has 3 heterocycles. The van der Waals surface area contributed by atoms with Crippen molar-refractivity contribution in [3.63, 3.8) is 0 Å². The van der Waals surface area contributed by atoms with Crippen LogP contribution in [-0.2, 0) is 6.54 Å². The molecule has 0 spiro atoms. The Kier molecular flexibility index (Phi) is 2.19. The monoisotopic (exact) mass is 256 g/mol. The van der Waals surface area contributed by atoms with Crippen LogP contribution in [0.5, 0.6) is 0 Å². The van der Waals surface area contributed by atoms with Crippen LogP contribution in [0, 0.1) is 11.7 Å². The molecule has 2 aliphatic heterocycles. The third kappa shape index (κ3) is 1.45. The maximum absolute atomic E-state index is 13.9. The smallest absolute Gasteiger partial charge is 0.132 e. The first kappa shape index (κ1) is 11.2. The van der Waals surface area contributed by atoms with Crippen LogP contribution >= 0.6 is 0 Å². The highest BCUT2D eigenvalue weighted by Gasteiger charge is 2.32. The van der Waals surface area contributed by atoms with Crippen LogP contribution in [0.15, 0.2) is 30.5 Å². The summed E-state index contributed by atoms with van der Waals surface area (Å²) in [6.07, 6.45) is 4.38. The van der Waals surface area contributed by atoms with Crippen LogP contribution < -0.4 is 0 Å². The minimum absolute atomic E-state index is 0.117. The second-order valence-corrected chi connectivity index (χ2v) is 5.88. The predicted octanol–water partition coefficient (Wildman–Crippen LogP) is 3.13. The van der Waals surface area contributed by atoms with Gasteiger partial charge in [-0.05, 0) is 36.7 Å². The van der Waals surface area contributed by atoms with E-state index in [-0.39, 0.29) is 5.82 Å². The number of hydrogen-bond donors (Lipinski definition) is 0. The van der Waals surface area contributed by atoms with E-state index in [2.05, 4.69) is 29.5 Å². The molecule has 0 aliphatic carbocycles. The van der Waals surface area contributed by atoms with Gasteiger partial charge < -0.3 is 4.57 Å². The Morgan fingerprint density at radius 2 is 2.05 bits per heavy atom. The molecule has 2 aromatic rings. The Morgan fingerprint density at radius 3 is 2.89 bits per heavy atom. The molecule has 4 rings (SSSR count). The molecule has 19 heavy (non-hydrogen) atoms. The highest BCUT2D eigenvalue weighted by molar-refractivity contribution is 5.95. The highest BCUT2D eigenvalue weighted by Crippen LogP contribution is 2.38. The van der Waals surface area contributed by atoms with Crippen molar-refractivity contribution in [3.8, 4) is 0 Å². The number of aromatic nitrogens is 1. The number of rotatable bonds is 0. The van der Waals surface area contributed by atoms with Gasteiger partial charge in [0.25, 0.3) is 0 Å². The molecule has 0 saturated carbocycles. The third-order valence-electron chi connectivity index (χ3n) is 4.48. The molecule has 3 heteroatoms. The Hall–Kier alpha value is -1.61. The standard InChI is InChI=1S/C16H17FN2/c1-10-7-13-11-3-4-14(17)12-5-6-19(16(11)12)9-15(13)18(2)8-10/h3-7,10,15H,8-9H2,1-2H3. The highest BCUT2D eigenvalue weighted by atomic mass is 19.1. The summed E-state index contributed by atoms with van der Waals surface area (Å²) in [7, 11) is 2.18. The van der Waals surface area contributed by atoms with Crippen LogP contribution in [0.25, 0.3) is 16.5 Å². The van der Waals surface area contributed by atoms with Crippen molar-refractivity contribution in [1.29, 1.82) is 0 Å². The summed E-state index contributed by atoms with van der Waals surface area (Å²) in [4.78, 5) is 2.41. The van der Waals surface area contributed by atoms with Gasteiger partial charge in [-0.15, -0.1) is 0 Å². The quantitative estimate of drug-likeness (QED) is 0.703. The number of fused-ring (bicyclic) bond motifs is 2. The fourth-order valence-electron chi connectivity index (χ4n) is 3.66. The molecule has 0 amide bonds. The Labute approximate surface area is 112 Å². The molecule has 1 aromatic heterocycles. The van der Waals surface area contributed by atoms with Crippen molar-refractivity contribution >= 4 is 16.5 Å². The van der Waals surface area contributed by atoms with Crippen LogP contribution in [0.2, 0.25) is 0 Å². The first-order chi connectivity index (χ1) is 9.15. The molecule has 0 bridgehead atoms. The summed E-state index contributed by atoms with van der Waals surface area (Å²) in [5, 5.41) is 0.748. The zero-order valence-electron chi connectivity index (χ0n) is 11.2. The van der Waals surface area contributed by atoms with Gasteiger partial charge in [-0.2, -0.15) is 0 Å². The van der Waals surface area contributed by atoms with E-state index in [1.54, 1.807) is 6.07 Å². The van der Waals surface area contributed by atoms with Gasteiger partial charge in [-0.25, -0.2) is 4.39 Å². The fraction of sp³-hybridized carbons (Fsp3) is 0.375. The Balaban J connectivity index is 2.03. The third-order valence-corrected chi connectivity index (χ3v) is 4.48. The fourth-order valence-corrected chi connectivity index (χ4v) is 3.66. The molecule has 2 unspecified atom stereocenters. The summed E-state index contributed by atoms with van der Waals surface area (Å²) in [5.41, 5.74) is 3.64. The molecule has 0 radical (unpaired) electrons. The van der Waals surface area contributed by atoms with Gasteiger partial charge >= 0.3 is 0 Å². The summed E-state index contributed by atoms with van der Waals surface area (Å²) in [6.45, 7) is 4.26. The minimum atomic E-state index is -0.117. The van der Waals surface area contributed by atoms with Crippen molar-refractivity contribution in [2.75, 3.05) is 13.6 Å². The van der Waals surface area contributed by atoms with Crippen LogP contribution in [0.1, 0.15) is 12.5 Å². The molecule has 0 fully saturated rings. The Bertz CT molecular complexity index is 698. The maximum atomic E-state index is 13.9. The minimum Gasteiger partial charge on any atom is -0.345 e. The van der Waals surface area contributed by atoms with E-state index in [1.807, 2.05) is 18.3 Å². The Morgan fingerprint density at radius 1 is 1.21 bits per heavy atom. The second kappa shape index (κ2) is 3.70. The SMILES string of the molecule is CC1C=C2c3ccc(F)c4ccn(c34)CC2N(C)C1. The number of nitrogens with zero attached hydrogens (tertiary/aromatic N) is 2. The average molecular weight is 256 g/mol. The average Bonchev–Trinajstić information content (AvgIpc) is 2.79. The topological polar surface area (TPSA) is 8.17 Å². The van der Waals surface area contributed by atoms with Gasteiger partial charge in [-0.3, -0.25) is 4.90 Å². The molecular formula is C16H17FN2. The largest absolute Gasteiger partial charge is 0.345 e. The number of likely N-dealkylation sites (N-methyl/N-ethyl adjacent to an activating group) is 1. The lowest BCUT2D eigenvalue weighted by Crippen LogP contribution is -2.43. The molecule has 98 valence electrons. The van der Waals surface area contributed by atoms with Crippen molar-refractivity contribution in [3.05, 3.63) is 41.9 Å². The summed E-state index contributed by atoms with van der Waals surface area (Å²) < 4.78 is 16.1. The normalized spacial score (nSPS) is 26.4. The van der Waals surface area contributed by atoms with Gasteiger partial charge in [0.2, 0.25) is 0 Å². The zero-order chi connectivity index (χ0) is 13.1. The molecule has 2 aliphatic rings. The molecule has 2 atom stereocenters. The van der Waals surface area contributed by atoms with E-state index in [0.717, 1.165) is 24.0 Å². The zero-order valence-corrected chi connectivity index (χ0v) is 11.2. The van der Waals surface area contributed by atoms with Crippen molar-refractivity contribution < 1.29 is 4.39 Å². The van der Waals surface area contributed by atoms with Gasteiger partial charge in [-0.1, -0.05) is 13.0 Å². The van der Waals surface area contributed by atoms with Crippen molar-refractivity contribution in [2.45, 2.75) is 19.5 Å². The molecule has 2 nitrogen and oxygen atoms in total. The lowest BCUT2D eigenvalue weighted by atomic mass is 9.86. The second-order valence-electron chi connectivity index (χ2n) is 5.88. The molecular weight excluding hydrogens is 239 g/mol. The van der Waals surface area contributed by atoms with Gasteiger partial charge in [0.15, 0.2) is 0 Å². The van der Waals surface area contributed by atoms with Crippen molar-refractivity contribution in [1.82, 2.24) is 9.47 Å². The lowest BCUT2D eigenvalue weighted by molar-refractivity contribution is 0.234. The van der Waals surface area contributed by atoms with Gasteiger partial charge in [0.1, 0.15) is 5.82 Å².